The van der Waals surface area contributed by atoms with Gasteiger partial charge in [-0.2, -0.15) is 0 Å². The van der Waals surface area contributed by atoms with Crippen LogP contribution in [0, 0.1) is 29.5 Å². The number of imide groups is 1. The smallest absolute Gasteiger partial charge is 0.234 e. The SMILES string of the molecule is O=C(CC(c1cccc(F)c1)N1C(=O)C2C3C=CC(C3)C2C1=O)Nc1cccnc1. The van der Waals surface area contributed by atoms with Crippen molar-refractivity contribution in [2.45, 2.75) is 18.9 Å². The molecule has 1 aromatic carbocycles. The van der Waals surface area contributed by atoms with Crippen LogP contribution in [0.3, 0.4) is 0 Å². The molecule has 5 rings (SSSR count). The monoisotopic (exact) mass is 405 g/mol. The number of nitrogens with zero attached hydrogens (tertiary/aromatic N) is 2. The van der Waals surface area contributed by atoms with E-state index in [1.807, 2.05) is 12.2 Å². The van der Waals surface area contributed by atoms with E-state index in [4.69, 9.17) is 0 Å². The van der Waals surface area contributed by atoms with Crippen LogP contribution in [0.5, 0.6) is 0 Å². The first-order valence-corrected chi connectivity index (χ1v) is 10.0. The van der Waals surface area contributed by atoms with Crippen molar-refractivity contribution in [3.63, 3.8) is 0 Å². The number of nitrogens with one attached hydrogen (secondary N) is 1. The van der Waals surface area contributed by atoms with Gasteiger partial charge >= 0.3 is 0 Å². The Morgan fingerprint density at radius 2 is 1.87 bits per heavy atom. The number of anilines is 1. The lowest BCUT2D eigenvalue weighted by Gasteiger charge is -2.28. The van der Waals surface area contributed by atoms with E-state index in [0.717, 1.165) is 6.42 Å². The van der Waals surface area contributed by atoms with Gasteiger partial charge in [-0.15, -0.1) is 0 Å². The van der Waals surface area contributed by atoms with Gasteiger partial charge < -0.3 is 5.32 Å². The number of aromatic nitrogens is 1. The third-order valence-electron chi connectivity index (χ3n) is 6.37. The van der Waals surface area contributed by atoms with Gasteiger partial charge in [0, 0.05) is 6.20 Å². The Hall–Kier alpha value is -3.35. The highest BCUT2D eigenvalue weighted by atomic mass is 19.1. The number of benzene rings is 1. The van der Waals surface area contributed by atoms with Crippen molar-refractivity contribution in [1.82, 2.24) is 9.88 Å². The van der Waals surface area contributed by atoms with Gasteiger partial charge in [0.05, 0.1) is 36.2 Å². The van der Waals surface area contributed by atoms with E-state index >= 15 is 0 Å². The number of pyridine rings is 1. The molecule has 3 aliphatic rings. The molecule has 2 aliphatic carbocycles. The number of fused-ring (bicyclic) bond motifs is 5. The molecule has 5 unspecified atom stereocenters. The third kappa shape index (κ3) is 3.01. The summed E-state index contributed by atoms with van der Waals surface area (Å²) in [5.74, 6) is -1.98. The lowest BCUT2D eigenvalue weighted by molar-refractivity contribution is -0.144. The summed E-state index contributed by atoms with van der Waals surface area (Å²) in [6, 6.07) is 8.27. The normalized spacial score (nSPS) is 27.4. The fraction of sp³-hybridized carbons (Fsp3) is 0.304. The van der Waals surface area contributed by atoms with E-state index < -0.39 is 11.9 Å². The van der Waals surface area contributed by atoms with Crippen LogP contribution in [0.2, 0.25) is 0 Å². The fourth-order valence-corrected chi connectivity index (χ4v) is 5.13. The maximum absolute atomic E-state index is 14.0. The molecule has 1 N–H and O–H groups in total. The second kappa shape index (κ2) is 7.16. The van der Waals surface area contributed by atoms with Gasteiger partial charge in [0.1, 0.15) is 5.82 Å². The van der Waals surface area contributed by atoms with Crippen molar-refractivity contribution in [3.05, 3.63) is 72.3 Å². The molecule has 2 aromatic rings. The third-order valence-corrected chi connectivity index (χ3v) is 6.37. The van der Waals surface area contributed by atoms with Gasteiger partial charge in [-0.25, -0.2) is 4.39 Å². The topological polar surface area (TPSA) is 79.4 Å². The summed E-state index contributed by atoms with van der Waals surface area (Å²) in [5.41, 5.74) is 0.942. The van der Waals surface area contributed by atoms with Gasteiger partial charge in [-0.1, -0.05) is 24.3 Å². The Labute approximate surface area is 172 Å². The second-order valence-corrected chi connectivity index (χ2v) is 8.11. The van der Waals surface area contributed by atoms with E-state index in [-0.39, 0.29) is 47.8 Å². The molecule has 1 saturated heterocycles. The molecule has 0 spiro atoms. The van der Waals surface area contributed by atoms with E-state index in [1.165, 1.54) is 29.3 Å². The number of halogens is 1. The number of carbonyl (C=O) groups is 3. The van der Waals surface area contributed by atoms with E-state index in [2.05, 4.69) is 10.3 Å². The molecule has 0 radical (unpaired) electrons. The van der Waals surface area contributed by atoms with Crippen LogP contribution in [-0.4, -0.2) is 27.6 Å². The summed E-state index contributed by atoms with van der Waals surface area (Å²) in [6.45, 7) is 0. The molecule has 1 aromatic heterocycles. The maximum Gasteiger partial charge on any atom is 0.234 e. The number of hydrogen-bond acceptors (Lipinski definition) is 4. The van der Waals surface area contributed by atoms with Crippen LogP contribution in [-0.2, 0) is 14.4 Å². The minimum absolute atomic E-state index is 0.0684. The second-order valence-electron chi connectivity index (χ2n) is 8.11. The van der Waals surface area contributed by atoms with E-state index in [1.54, 1.807) is 24.4 Å². The lowest BCUT2D eigenvalue weighted by atomic mass is 9.85. The molecule has 6 nitrogen and oxygen atoms in total. The first kappa shape index (κ1) is 18.7. The zero-order chi connectivity index (χ0) is 20.8. The largest absolute Gasteiger partial charge is 0.325 e. The Balaban J connectivity index is 1.45. The molecule has 5 atom stereocenters. The number of rotatable bonds is 5. The molecule has 2 bridgehead atoms. The van der Waals surface area contributed by atoms with Crippen molar-refractivity contribution >= 4 is 23.4 Å². The highest BCUT2D eigenvalue weighted by molar-refractivity contribution is 6.07. The number of allylic oxidation sites excluding steroid dienone is 2. The van der Waals surface area contributed by atoms with Crippen LogP contribution in [0.15, 0.2) is 60.9 Å². The van der Waals surface area contributed by atoms with Crippen molar-refractivity contribution < 1.29 is 18.8 Å². The van der Waals surface area contributed by atoms with Crippen LogP contribution >= 0.6 is 0 Å². The zero-order valence-electron chi connectivity index (χ0n) is 16.1. The van der Waals surface area contributed by atoms with Gasteiger partial charge in [-0.3, -0.25) is 24.3 Å². The average molecular weight is 405 g/mol. The molecular formula is C23H20FN3O3. The number of likely N-dealkylation sites (tertiary alicyclic amines) is 1. The van der Waals surface area contributed by atoms with Crippen molar-refractivity contribution in [1.29, 1.82) is 0 Å². The van der Waals surface area contributed by atoms with Crippen LogP contribution in [0.1, 0.15) is 24.4 Å². The molecule has 7 heteroatoms. The Kier molecular flexibility index (Phi) is 4.46. The minimum Gasteiger partial charge on any atom is -0.325 e. The molecule has 1 saturated carbocycles. The predicted octanol–water partition coefficient (Wildman–Crippen LogP) is 3.10. The highest BCUT2D eigenvalue weighted by Crippen LogP contribution is 2.54. The summed E-state index contributed by atoms with van der Waals surface area (Å²) in [5, 5.41) is 2.73. The Bertz CT molecular complexity index is 1020. The molecule has 152 valence electrons. The summed E-state index contributed by atoms with van der Waals surface area (Å²) in [4.78, 5) is 44.4. The van der Waals surface area contributed by atoms with Crippen molar-refractivity contribution in [2.24, 2.45) is 23.7 Å². The summed E-state index contributed by atoms with van der Waals surface area (Å²) >= 11 is 0. The van der Waals surface area contributed by atoms with Gasteiger partial charge in [0.15, 0.2) is 0 Å². The molecule has 2 heterocycles. The molecule has 30 heavy (non-hydrogen) atoms. The zero-order valence-corrected chi connectivity index (χ0v) is 16.1. The number of carbonyl (C=O) groups excluding carboxylic acids is 3. The summed E-state index contributed by atoms with van der Waals surface area (Å²) in [6.07, 6.45) is 7.81. The summed E-state index contributed by atoms with van der Waals surface area (Å²) in [7, 11) is 0. The summed E-state index contributed by atoms with van der Waals surface area (Å²) < 4.78 is 14.0. The standard InChI is InChI=1S/C23H20FN3O3/c24-16-4-1-3-13(10-16)18(11-19(28)26-17-5-2-8-25-12-17)27-22(29)20-14-6-7-15(9-14)21(20)23(27)30/h1-8,10,12,14-15,18,20-21H,9,11H2,(H,26,28). The first-order valence-electron chi connectivity index (χ1n) is 10.0. The van der Waals surface area contributed by atoms with Crippen LogP contribution in [0.4, 0.5) is 10.1 Å². The Morgan fingerprint density at radius 3 is 2.50 bits per heavy atom. The molecule has 2 fully saturated rings. The minimum atomic E-state index is -0.859. The van der Waals surface area contributed by atoms with Crippen molar-refractivity contribution in [3.8, 4) is 0 Å². The predicted molar refractivity (Wildman–Crippen MR) is 106 cm³/mol. The molecular weight excluding hydrogens is 385 g/mol. The molecule has 1 aliphatic heterocycles. The van der Waals surface area contributed by atoms with E-state index in [9.17, 15) is 18.8 Å². The number of hydrogen-bond donors (Lipinski definition) is 1. The van der Waals surface area contributed by atoms with Crippen LogP contribution < -0.4 is 5.32 Å². The van der Waals surface area contributed by atoms with Gasteiger partial charge in [-0.05, 0) is 48.1 Å². The highest BCUT2D eigenvalue weighted by Gasteiger charge is 2.60. The van der Waals surface area contributed by atoms with Crippen LogP contribution in [0.25, 0.3) is 0 Å². The van der Waals surface area contributed by atoms with E-state index in [0.29, 0.717) is 11.3 Å². The fourth-order valence-electron chi connectivity index (χ4n) is 5.13. The lowest BCUT2D eigenvalue weighted by Crippen LogP contribution is -2.38. The van der Waals surface area contributed by atoms with Gasteiger partial charge in [0.25, 0.3) is 0 Å². The number of amides is 3. The maximum atomic E-state index is 14.0. The Morgan fingerprint density at radius 1 is 1.13 bits per heavy atom. The first-order chi connectivity index (χ1) is 14.5. The molecule has 3 amide bonds. The van der Waals surface area contributed by atoms with Crippen molar-refractivity contribution in [2.75, 3.05) is 5.32 Å². The average Bonchev–Trinajstić information content (AvgIpc) is 3.41. The quantitative estimate of drug-likeness (QED) is 0.612. The van der Waals surface area contributed by atoms with Gasteiger partial charge in [0.2, 0.25) is 17.7 Å².